The van der Waals surface area contributed by atoms with Crippen molar-refractivity contribution in [2.24, 2.45) is 0 Å². The minimum Gasteiger partial charge on any atom is -0.489 e. The molecule has 0 aliphatic rings. The van der Waals surface area contributed by atoms with Gasteiger partial charge in [0.25, 0.3) is 0 Å². The van der Waals surface area contributed by atoms with Gasteiger partial charge in [0.05, 0.1) is 10.7 Å². The van der Waals surface area contributed by atoms with Crippen molar-refractivity contribution in [3.63, 3.8) is 0 Å². The fraction of sp³-hybridized carbons (Fsp3) is 0.0909. The van der Waals surface area contributed by atoms with Crippen LogP contribution >= 0.6 is 11.6 Å². The molecule has 142 valence electrons. The number of halogens is 1. The summed E-state index contributed by atoms with van der Waals surface area (Å²) in [5.74, 6) is -0.158. The van der Waals surface area contributed by atoms with Crippen molar-refractivity contribution in [1.82, 2.24) is 0 Å². The molecule has 2 amide bonds. The van der Waals surface area contributed by atoms with Crippen LogP contribution in [0.3, 0.4) is 0 Å². The third kappa shape index (κ3) is 5.86. The molecule has 0 atom stereocenters. The number of carbonyl (C=O) groups is 2. The van der Waals surface area contributed by atoms with Gasteiger partial charge in [-0.15, -0.1) is 0 Å². The van der Waals surface area contributed by atoms with Gasteiger partial charge in [0.15, 0.2) is 0 Å². The van der Waals surface area contributed by atoms with E-state index in [2.05, 4.69) is 10.6 Å². The van der Waals surface area contributed by atoms with Crippen LogP contribution in [-0.2, 0) is 16.2 Å². The summed E-state index contributed by atoms with van der Waals surface area (Å²) in [5, 5.41) is 5.72. The van der Waals surface area contributed by atoms with Crippen molar-refractivity contribution >= 4 is 34.8 Å². The van der Waals surface area contributed by atoms with Crippen molar-refractivity contribution in [1.29, 1.82) is 0 Å². The van der Waals surface area contributed by atoms with E-state index in [4.69, 9.17) is 16.3 Å². The van der Waals surface area contributed by atoms with E-state index in [0.29, 0.717) is 28.8 Å². The van der Waals surface area contributed by atoms with Crippen molar-refractivity contribution < 1.29 is 14.3 Å². The Labute approximate surface area is 168 Å². The molecule has 0 fully saturated rings. The Morgan fingerprint density at radius 1 is 0.786 bits per heavy atom. The van der Waals surface area contributed by atoms with Crippen LogP contribution in [0.1, 0.15) is 12.0 Å². The summed E-state index contributed by atoms with van der Waals surface area (Å²) in [6.45, 7) is 0.467. The Balaban J connectivity index is 1.47. The zero-order valence-electron chi connectivity index (χ0n) is 15.0. The molecular weight excluding hydrogens is 376 g/mol. The van der Waals surface area contributed by atoms with Gasteiger partial charge in [0, 0.05) is 5.69 Å². The van der Waals surface area contributed by atoms with Crippen molar-refractivity contribution in [2.45, 2.75) is 13.0 Å². The molecule has 0 heterocycles. The maximum atomic E-state index is 12.1. The Morgan fingerprint density at radius 3 is 2.14 bits per heavy atom. The van der Waals surface area contributed by atoms with Gasteiger partial charge in [0.2, 0.25) is 11.8 Å². The number of benzene rings is 3. The molecule has 0 spiro atoms. The molecule has 0 aliphatic heterocycles. The van der Waals surface area contributed by atoms with E-state index in [1.165, 1.54) is 0 Å². The monoisotopic (exact) mass is 394 g/mol. The average molecular weight is 395 g/mol. The summed E-state index contributed by atoms with van der Waals surface area (Å²) in [4.78, 5) is 24.0. The summed E-state index contributed by atoms with van der Waals surface area (Å²) in [6, 6.07) is 23.7. The van der Waals surface area contributed by atoms with Crippen LogP contribution in [0.4, 0.5) is 11.4 Å². The number of carbonyl (C=O) groups excluding carboxylic acids is 2. The van der Waals surface area contributed by atoms with Crippen LogP contribution in [0, 0.1) is 0 Å². The van der Waals surface area contributed by atoms with Crippen molar-refractivity contribution in [3.8, 4) is 5.75 Å². The first-order valence-electron chi connectivity index (χ1n) is 8.71. The highest BCUT2D eigenvalue weighted by molar-refractivity contribution is 6.33. The fourth-order valence-electron chi connectivity index (χ4n) is 2.48. The van der Waals surface area contributed by atoms with E-state index >= 15 is 0 Å². The van der Waals surface area contributed by atoms with Crippen LogP contribution in [0.2, 0.25) is 5.02 Å². The highest BCUT2D eigenvalue weighted by Gasteiger charge is 2.11. The van der Waals surface area contributed by atoms with E-state index in [-0.39, 0.29) is 6.42 Å². The molecule has 3 aromatic rings. The van der Waals surface area contributed by atoms with Gasteiger partial charge < -0.3 is 15.4 Å². The molecule has 3 rings (SSSR count). The largest absolute Gasteiger partial charge is 0.489 e. The van der Waals surface area contributed by atoms with E-state index in [9.17, 15) is 9.59 Å². The van der Waals surface area contributed by atoms with E-state index in [0.717, 1.165) is 5.56 Å². The molecule has 0 bridgehead atoms. The molecule has 5 nitrogen and oxygen atoms in total. The first kappa shape index (κ1) is 19.5. The lowest BCUT2D eigenvalue weighted by atomic mass is 10.2. The van der Waals surface area contributed by atoms with Crippen molar-refractivity contribution in [3.05, 3.63) is 89.4 Å². The molecular formula is C22H19ClN2O3. The zero-order chi connectivity index (χ0) is 19.8. The fourth-order valence-corrected chi connectivity index (χ4v) is 2.67. The maximum Gasteiger partial charge on any atom is 0.233 e. The standard InChI is InChI=1S/C22H19ClN2O3/c23-19-8-4-5-9-20(19)25-22(27)14-21(26)24-17-10-12-18(13-11-17)28-15-16-6-2-1-3-7-16/h1-13H,14-15H2,(H,24,26)(H,25,27). The number of nitrogens with one attached hydrogen (secondary N) is 2. The SMILES string of the molecule is O=C(CC(=O)Nc1ccccc1Cl)Nc1ccc(OCc2ccccc2)cc1. The Morgan fingerprint density at radius 2 is 1.43 bits per heavy atom. The molecule has 0 aromatic heterocycles. The quantitative estimate of drug-likeness (QED) is 0.561. The number of anilines is 2. The first-order valence-corrected chi connectivity index (χ1v) is 9.09. The molecule has 6 heteroatoms. The summed E-state index contributed by atoms with van der Waals surface area (Å²) >= 11 is 5.99. The lowest BCUT2D eigenvalue weighted by Gasteiger charge is -2.09. The number of para-hydroxylation sites is 1. The lowest BCUT2D eigenvalue weighted by molar-refractivity contribution is -0.123. The van der Waals surface area contributed by atoms with Gasteiger partial charge in [-0.3, -0.25) is 9.59 Å². The topological polar surface area (TPSA) is 67.4 Å². The summed E-state index contributed by atoms with van der Waals surface area (Å²) < 4.78 is 5.70. The number of ether oxygens (including phenoxy) is 1. The second-order valence-corrected chi connectivity index (χ2v) is 6.46. The van der Waals surface area contributed by atoms with Gasteiger partial charge in [0.1, 0.15) is 18.8 Å². The van der Waals surface area contributed by atoms with Crippen LogP contribution in [0.25, 0.3) is 0 Å². The van der Waals surface area contributed by atoms with E-state index in [1.807, 2.05) is 30.3 Å². The molecule has 0 saturated carbocycles. The normalized spacial score (nSPS) is 10.2. The number of amides is 2. The van der Waals surface area contributed by atoms with Gasteiger partial charge in [-0.05, 0) is 42.0 Å². The molecule has 0 unspecified atom stereocenters. The number of hydrogen-bond donors (Lipinski definition) is 2. The second kappa shape index (κ2) is 9.58. The van der Waals surface area contributed by atoms with Gasteiger partial charge in [-0.2, -0.15) is 0 Å². The smallest absolute Gasteiger partial charge is 0.233 e. The summed E-state index contributed by atoms with van der Waals surface area (Å²) in [7, 11) is 0. The van der Waals surface area contributed by atoms with Crippen LogP contribution in [0.15, 0.2) is 78.9 Å². The third-order valence-corrected chi connectivity index (χ3v) is 4.19. The van der Waals surface area contributed by atoms with Gasteiger partial charge in [-0.1, -0.05) is 54.1 Å². The predicted molar refractivity (Wildman–Crippen MR) is 111 cm³/mol. The second-order valence-electron chi connectivity index (χ2n) is 6.05. The maximum absolute atomic E-state index is 12.1. The molecule has 0 radical (unpaired) electrons. The summed E-state index contributed by atoms with van der Waals surface area (Å²) in [6.07, 6.45) is -0.308. The average Bonchev–Trinajstić information content (AvgIpc) is 2.70. The highest BCUT2D eigenvalue weighted by atomic mass is 35.5. The zero-order valence-corrected chi connectivity index (χ0v) is 15.8. The minimum atomic E-state index is -0.437. The molecule has 28 heavy (non-hydrogen) atoms. The third-order valence-electron chi connectivity index (χ3n) is 3.86. The molecule has 0 saturated heterocycles. The van der Waals surface area contributed by atoms with Gasteiger partial charge >= 0.3 is 0 Å². The Bertz CT molecular complexity index is 944. The van der Waals surface area contributed by atoms with E-state index in [1.54, 1.807) is 48.5 Å². The van der Waals surface area contributed by atoms with Crippen LogP contribution in [0.5, 0.6) is 5.75 Å². The van der Waals surface area contributed by atoms with Crippen molar-refractivity contribution in [2.75, 3.05) is 10.6 Å². The van der Waals surface area contributed by atoms with Crippen LogP contribution in [-0.4, -0.2) is 11.8 Å². The number of hydrogen-bond acceptors (Lipinski definition) is 3. The first-order chi connectivity index (χ1) is 13.6. The lowest BCUT2D eigenvalue weighted by Crippen LogP contribution is -2.21. The molecule has 3 aromatic carbocycles. The summed E-state index contributed by atoms with van der Waals surface area (Å²) in [5.41, 5.74) is 2.13. The minimum absolute atomic E-state index is 0.308. The Hall–Kier alpha value is -3.31. The van der Waals surface area contributed by atoms with E-state index < -0.39 is 11.8 Å². The molecule has 0 aliphatic carbocycles. The molecule has 2 N–H and O–H groups in total. The van der Waals surface area contributed by atoms with Crippen LogP contribution < -0.4 is 15.4 Å². The number of rotatable bonds is 7. The Kier molecular flexibility index (Phi) is 6.65. The predicted octanol–water partition coefficient (Wildman–Crippen LogP) is 4.89. The van der Waals surface area contributed by atoms with Gasteiger partial charge in [-0.25, -0.2) is 0 Å². The highest BCUT2D eigenvalue weighted by Crippen LogP contribution is 2.21.